The third kappa shape index (κ3) is 4.03. The molecule has 1 aliphatic rings. The predicted molar refractivity (Wildman–Crippen MR) is 118 cm³/mol. The summed E-state index contributed by atoms with van der Waals surface area (Å²) >= 11 is 0. The summed E-state index contributed by atoms with van der Waals surface area (Å²) in [6.45, 7) is 2.41. The Balaban J connectivity index is 1.30. The molecule has 6 nitrogen and oxygen atoms in total. The van der Waals surface area contributed by atoms with Gasteiger partial charge in [0.1, 0.15) is 17.2 Å². The highest BCUT2D eigenvalue weighted by Gasteiger charge is 2.25. The summed E-state index contributed by atoms with van der Waals surface area (Å²) < 4.78 is 19.2. The van der Waals surface area contributed by atoms with E-state index in [1.807, 2.05) is 18.3 Å². The average molecular weight is 433 g/mol. The van der Waals surface area contributed by atoms with E-state index in [-0.39, 0.29) is 5.56 Å². The summed E-state index contributed by atoms with van der Waals surface area (Å²) in [4.78, 5) is 21.3. The number of rotatable bonds is 6. The number of hydrogen-bond acceptors (Lipinski definition) is 4. The lowest BCUT2D eigenvalue weighted by atomic mass is 9.88. The summed E-state index contributed by atoms with van der Waals surface area (Å²) in [7, 11) is 0. The second-order valence-corrected chi connectivity index (χ2v) is 8.36. The molecule has 1 fully saturated rings. The van der Waals surface area contributed by atoms with Crippen molar-refractivity contribution in [3.8, 4) is 0 Å². The van der Waals surface area contributed by atoms with Gasteiger partial charge in [0.05, 0.1) is 11.8 Å². The number of likely N-dealkylation sites (tertiary alicyclic amines) is 1. The molecule has 1 saturated heterocycles. The number of carboxylic acid groups (broad SMARTS) is 1. The van der Waals surface area contributed by atoms with E-state index in [0.717, 1.165) is 49.3 Å². The first-order valence-corrected chi connectivity index (χ1v) is 10.8. The SMILES string of the molecule is O=C(O)c1cc(CN2CCC(c3c[nH]c4nccc(Cc5ccco5)c34)CC2)ccc1F. The van der Waals surface area contributed by atoms with E-state index in [1.54, 1.807) is 12.3 Å². The number of hydrogen-bond donors (Lipinski definition) is 2. The van der Waals surface area contributed by atoms with Gasteiger partial charge in [-0.1, -0.05) is 6.07 Å². The van der Waals surface area contributed by atoms with Gasteiger partial charge >= 0.3 is 5.97 Å². The molecule has 4 aromatic rings. The van der Waals surface area contributed by atoms with Gasteiger partial charge in [-0.3, -0.25) is 4.90 Å². The molecule has 0 aliphatic carbocycles. The molecule has 32 heavy (non-hydrogen) atoms. The van der Waals surface area contributed by atoms with Gasteiger partial charge < -0.3 is 14.5 Å². The smallest absolute Gasteiger partial charge is 0.338 e. The number of nitrogens with one attached hydrogen (secondary N) is 1. The molecule has 4 heterocycles. The third-order valence-corrected chi connectivity index (χ3v) is 6.33. The number of benzene rings is 1. The van der Waals surface area contributed by atoms with Crippen molar-refractivity contribution in [1.29, 1.82) is 0 Å². The molecule has 0 bridgehead atoms. The van der Waals surface area contributed by atoms with E-state index in [9.17, 15) is 9.18 Å². The van der Waals surface area contributed by atoms with E-state index < -0.39 is 11.8 Å². The second-order valence-electron chi connectivity index (χ2n) is 8.36. The standard InChI is InChI=1S/C25H24FN3O3/c26-22-4-3-16(12-20(22)25(30)31)15-29-9-6-17(7-10-29)21-14-28-24-23(21)18(5-8-27-24)13-19-2-1-11-32-19/h1-5,8,11-12,14,17H,6-7,9-10,13,15H2,(H,27,28)(H,30,31). The summed E-state index contributed by atoms with van der Waals surface area (Å²) in [6, 6.07) is 10.3. The first-order chi connectivity index (χ1) is 15.6. The zero-order valence-corrected chi connectivity index (χ0v) is 17.6. The Hall–Kier alpha value is -3.45. The lowest BCUT2D eigenvalue weighted by molar-refractivity contribution is 0.0691. The van der Waals surface area contributed by atoms with Crippen LogP contribution in [0.4, 0.5) is 4.39 Å². The van der Waals surface area contributed by atoms with Crippen LogP contribution in [0.15, 0.2) is 59.5 Å². The molecule has 0 saturated carbocycles. The molecule has 0 unspecified atom stereocenters. The first-order valence-electron chi connectivity index (χ1n) is 10.8. The molecular formula is C25H24FN3O3. The Kier molecular flexibility index (Phi) is 5.49. The van der Waals surface area contributed by atoms with Gasteiger partial charge in [0.25, 0.3) is 0 Å². The summed E-state index contributed by atoms with van der Waals surface area (Å²) in [5.41, 5.74) is 3.95. The molecule has 164 valence electrons. The van der Waals surface area contributed by atoms with E-state index in [4.69, 9.17) is 9.52 Å². The number of aromatic amines is 1. The van der Waals surface area contributed by atoms with Crippen LogP contribution in [0.1, 0.15) is 51.6 Å². The maximum absolute atomic E-state index is 13.7. The Morgan fingerprint density at radius 1 is 1.25 bits per heavy atom. The van der Waals surface area contributed by atoms with E-state index in [1.165, 1.54) is 28.6 Å². The number of fused-ring (bicyclic) bond motifs is 1. The largest absolute Gasteiger partial charge is 0.478 e. The highest BCUT2D eigenvalue weighted by Crippen LogP contribution is 2.35. The molecule has 0 atom stereocenters. The van der Waals surface area contributed by atoms with Crippen molar-refractivity contribution in [3.05, 3.63) is 88.9 Å². The minimum atomic E-state index is -1.23. The van der Waals surface area contributed by atoms with E-state index in [2.05, 4.69) is 27.1 Å². The number of H-pyrrole nitrogens is 1. The Morgan fingerprint density at radius 2 is 2.09 bits per heavy atom. The molecule has 5 rings (SSSR count). The highest BCUT2D eigenvalue weighted by molar-refractivity contribution is 5.88. The van der Waals surface area contributed by atoms with Crippen LogP contribution in [0.3, 0.4) is 0 Å². The molecule has 1 aromatic carbocycles. The average Bonchev–Trinajstić information content (AvgIpc) is 3.46. The third-order valence-electron chi connectivity index (χ3n) is 6.33. The van der Waals surface area contributed by atoms with Crippen molar-refractivity contribution in [1.82, 2.24) is 14.9 Å². The van der Waals surface area contributed by atoms with Gasteiger partial charge in [-0.15, -0.1) is 0 Å². The number of halogens is 1. The first kappa shape index (κ1) is 20.5. The van der Waals surface area contributed by atoms with Gasteiger partial charge in [0, 0.05) is 30.7 Å². The van der Waals surface area contributed by atoms with Crippen molar-refractivity contribution >= 4 is 17.0 Å². The lowest BCUT2D eigenvalue weighted by Crippen LogP contribution is -2.32. The quantitative estimate of drug-likeness (QED) is 0.449. The second kappa shape index (κ2) is 8.59. The summed E-state index contributed by atoms with van der Waals surface area (Å²) in [5, 5.41) is 10.3. The molecule has 2 N–H and O–H groups in total. The fraction of sp³-hybridized carbons (Fsp3) is 0.280. The highest BCUT2D eigenvalue weighted by atomic mass is 19.1. The molecule has 0 radical (unpaired) electrons. The van der Waals surface area contributed by atoms with Crippen LogP contribution in [0.5, 0.6) is 0 Å². The molecule has 0 spiro atoms. The maximum atomic E-state index is 13.7. The fourth-order valence-corrected chi connectivity index (χ4v) is 4.72. The van der Waals surface area contributed by atoms with Crippen LogP contribution in [-0.4, -0.2) is 39.0 Å². The molecule has 1 aliphatic heterocycles. The molecule has 0 amide bonds. The molecule has 7 heteroatoms. The number of furan rings is 1. The molecule has 3 aromatic heterocycles. The number of aromatic carboxylic acids is 1. The Bertz CT molecular complexity index is 1240. The van der Waals surface area contributed by atoms with Crippen LogP contribution in [0.25, 0.3) is 11.0 Å². The van der Waals surface area contributed by atoms with E-state index >= 15 is 0 Å². The van der Waals surface area contributed by atoms with Gasteiger partial charge in [0.2, 0.25) is 0 Å². The summed E-state index contributed by atoms with van der Waals surface area (Å²) in [5.74, 6) is -0.582. The molecular weight excluding hydrogens is 409 g/mol. The van der Waals surface area contributed by atoms with Gasteiger partial charge in [0.15, 0.2) is 0 Å². The van der Waals surface area contributed by atoms with Crippen LogP contribution < -0.4 is 0 Å². The zero-order chi connectivity index (χ0) is 22.1. The van der Waals surface area contributed by atoms with Crippen molar-refractivity contribution in [2.45, 2.75) is 31.7 Å². The van der Waals surface area contributed by atoms with Crippen LogP contribution in [-0.2, 0) is 13.0 Å². The fourth-order valence-electron chi connectivity index (χ4n) is 4.72. The Morgan fingerprint density at radius 3 is 2.84 bits per heavy atom. The number of carbonyl (C=O) groups is 1. The number of aromatic nitrogens is 2. The topological polar surface area (TPSA) is 82.4 Å². The Labute approximate surface area is 184 Å². The minimum absolute atomic E-state index is 0.271. The van der Waals surface area contributed by atoms with Crippen molar-refractivity contribution in [3.63, 3.8) is 0 Å². The van der Waals surface area contributed by atoms with E-state index in [0.29, 0.717) is 12.5 Å². The van der Waals surface area contributed by atoms with Crippen molar-refractivity contribution in [2.24, 2.45) is 0 Å². The van der Waals surface area contributed by atoms with Crippen LogP contribution >= 0.6 is 0 Å². The van der Waals surface area contributed by atoms with Gasteiger partial charge in [-0.05, 0) is 78.9 Å². The predicted octanol–water partition coefficient (Wildman–Crippen LogP) is 4.96. The van der Waals surface area contributed by atoms with Crippen LogP contribution in [0, 0.1) is 5.82 Å². The number of pyridine rings is 1. The number of nitrogens with zero attached hydrogens (tertiary/aromatic N) is 2. The monoisotopic (exact) mass is 433 g/mol. The maximum Gasteiger partial charge on any atom is 0.338 e. The normalized spacial score (nSPS) is 15.4. The van der Waals surface area contributed by atoms with Crippen molar-refractivity contribution in [2.75, 3.05) is 13.1 Å². The number of carboxylic acids is 1. The van der Waals surface area contributed by atoms with Gasteiger partial charge in [-0.2, -0.15) is 0 Å². The van der Waals surface area contributed by atoms with Crippen LogP contribution in [0.2, 0.25) is 0 Å². The minimum Gasteiger partial charge on any atom is -0.478 e. The zero-order valence-electron chi connectivity index (χ0n) is 17.6. The van der Waals surface area contributed by atoms with Crippen molar-refractivity contribution < 1.29 is 18.7 Å². The number of piperidine rings is 1. The van der Waals surface area contributed by atoms with Gasteiger partial charge in [-0.25, -0.2) is 14.2 Å². The lowest BCUT2D eigenvalue weighted by Gasteiger charge is -2.32. The summed E-state index contributed by atoms with van der Waals surface area (Å²) in [6.07, 6.45) is 8.33.